The molecule has 1 aliphatic rings. The Bertz CT molecular complexity index is 321. The van der Waals surface area contributed by atoms with Gasteiger partial charge < -0.3 is 5.32 Å². The Morgan fingerprint density at radius 2 is 2.14 bits per heavy atom. The largest absolute Gasteiger partial charge is 0.372 e. The van der Waals surface area contributed by atoms with Crippen molar-refractivity contribution in [2.24, 2.45) is 0 Å². The zero-order valence-electron chi connectivity index (χ0n) is 8.26. The van der Waals surface area contributed by atoms with Crippen LogP contribution in [0.3, 0.4) is 0 Å². The van der Waals surface area contributed by atoms with Crippen LogP contribution in [-0.4, -0.2) is 17.0 Å². The van der Waals surface area contributed by atoms with Crippen molar-refractivity contribution >= 4 is 21.7 Å². The number of nitrogens with one attached hydrogen (secondary N) is 1. The number of hydrogen-bond acceptors (Lipinski definition) is 3. The Morgan fingerprint density at radius 3 is 2.79 bits per heavy atom. The van der Waals surface area contributed by atoms with Gasteiger partial charge in [-0.25, -0.2) is 9.97 Å². The Hall–Kier alpha value is -0.640. The summed E-state index contributed by atoms with van der Waals surface area (Å²) in [5, 5.41) is 3.06. The van der Waals surface area contributed by atoms with E-state index in [1.165, 1.54) is 25.7 Å². The summed E-state index contributed by atoms with van der Waals surface area (Å²) in [6.45, 7) is 0. The normalized spacial score (nSPS) is 17.3. The molecule has 0 aliphatic heterocycles. The molecule has 0 atom stereocenters. The SMILES string of the molecule is CNc1nc(C2CCCC2)ncc1Br. The predicted octanol–water partition coefficient (Wildman–Crippen LogP) is 2.94. The monoisotopic (exact) mass is 255 g/mol. The van der Waals surface area contributed by atoms with E-state index >= 15 is 0 Å². The van der Waals surface area contributed by atoms with Crippen molar-refractivity contribution in [1.82, 2.24) is 9.97 Å². The first-order chi connectivity index (χ1) is 6.81. The molecule has 1 saturated carbocycles. The molecule has 1 aliphatic carbocycles. The molecule has 0 amide bonds. The Balaban J connectivity index is 2.25. The lowest BCUT2D eigenvalue weighted by atomic mass is 10.1. The van der Waals surface area contributed by atoms with Crippen LogP contribution in [-0.2, 0) is 0 Å². The average molecular weight is 256 g/mol. The second-order valence-electron chi connectivity index (χ2n) is 3.66. The highest BCUT2D eigenvalue weighted by atomic mass is 79.9. The Labute approximate surface area is 92.5 Å². The molecule has 1 aromatic rings. The number of anilines is 1. The summed E-state index contributed by atoms with van der Waals surface area (Å²) >= 11 is 3.41. The van der Waals surface area contributed by atoms with Crippen molar-refractivity contribution in [1.29, 1.82) is 0 Å². The van der Waals surface area contributed by atoms with Crippen LogP contribution in [0.15, 0.2) is 10.7 Å². The van der Waals surface area contributed by atoms with Crippen LogP contribution in [0, 0.1) is 0 Å². The van der Waals surface area contributed by atoms with Gasteiger partial charge in [-0.15, -0.1) is 0 Å². The molecule has 0 saturated heterocycles. The van der Waals surface area contributed by atoms with Gasteiger partial charge >= 0.3 is 0 Å². The molecule has 0 spiro atoms. The summed E-state index contributed by atoms with van der Waals surface area (Å²) in [4.78, 5) is 8.87. The van der Waals surface area contributed by atoms with Crippen LogP contribution in [0.4, 0.5) is 5.82 Å². The van der Waals surface area contributed by atoms with E-state index in [1.54, 1.807) is 0 Å². The van der Waals surface area contributed by atoms with Crippen LogP contribution in [0.1, 0.15) is 37.4 Å². The van der Waals surface area contributed by atoms with Gasteiger partial charge in [0.15, 0.2) is 0 Å². The van der Waals surface area contributed by atoms with Crippen LogP contribution in [0.2, 0.25) is 0 Å². The van der Waals surface area contributed by atoms with Crippen molar-refractivity contribution in [2.75, 3.05) is 12.4 Å². The highest BCUT2D eigenvalue weighted by molar-refractivity contribution is 9.10. The topological polar surface area (TPSA) is 37.8 Å². The first-order valence-electron chi connectivity index (χ1n) is 5.01. The summed E-state index contributed by atoms with van der Waals surface area (Å²) in [5.74, 6) is 2.46. The Kier molecular flexibility index (Phi) is 3.01. The molecule has 76 valence electrons. The van der Waals surface area contributed by atoms with Gasteiger partial charge in [-0.3, -0.25) is 0 Å². The quantitative estimate of drug-likeness (QED) is 0.884. The number of aromatic nitrogens is 2. The maximum absolute atomic E-state index is 4.50. The maximum Gasteiger partial charge on any atom is 0.143 e. The molecule has 14 heavy (non-hydrogen) atoms. The minimum atomic E-state index is 0.579. The smallest absolute Gasteiger partial charge is 0.143 e. The lowest BCUT2D eigenvalue weighted by Crippen LogP contribution is -2.03. The third-order valence-electron chi connectivity index (χ3n) is 2.72. The standard InChI is InChI=1S/C10H14BrN3/c1-12-10-8(11)6-13-9(14-10)7-4-2-3-5-7/h6-7H,2-5H2,1H3,(H,12,13,14). The van der Waals surface area contributed by atoms with Crippen molar-refractivity contribution in [3.63, 3.8) is 0 Å². The second kappa shape index (κ2) is 4.26. The van der Waals surface area contributed by atoms with E-state index in [9.17, 15) is 0 Å². The van der Waals surface area contributed by atoms with Gasteiger partial charge in [0.25, 0.3) is 0 Å². The molecule has 0 bridgehead atoms. The van der Waals surface area contributed by atoms with E-state index in [2.05, 4.69) is 31.2 Å². The van der Waals surface area contributed by atoms with Gasteiger partial charge in [0, 0.05) is 19.2 Å². The average Bonchev–Trinajstić information content (AvgIpc) is 2.71. The van der Waals surface area contributed by atoms with Gasteiger partial charge in [0.05, 0.1) is 4.47 Å². The van der Waals surface area contributed by atoms with Crippen LogP contribution in [0.5, 0.6) is 0 Å². The van der Waals surface area contributed by atoms with E-state index in [1.807, 2.05) is 13.2 Å². The third-order valence-corrected chi connectivity index (χ3v) is 3.30. The summed E-state index contributed by atoms with van der Waals surface area (Å²) in [6, 6.07) is 0. The number of rotatable bonds is 2. The minimum absolute atomic E-state index is 0.579. The van der Waals surface area contributed by atoms with Crippen LogP contribution >= 0.6 is 15.9 Å². The summed E-state index contributed by atoms with van der Waals surface area (Å²) in [5.41, 5.74) is 0. The first kappa shape index (κ1) is 9.90. The van der Waals surface area contributed by atoms with E-state index in [0.717, 1.165) is 16.1 Å². The zero-order valence-corrected chi connectivity index (χ0v) is 9.84. The van der Waals surface area contributed by atoms with Crippen LogP contribution in [0.25, 0.3) is 0 Å². The fraction of sp³-hybridized carbons (Fsp3) is 0.600. The second-order valence-corrected chi connectivity index (χ2v) is 4.51. The molecule has 1 aromatic heterocycles. The van der Waals surface area contributed by atoms with Gasteiger partial charge in [-0.1, -0.05) is 12.8 Å². The van der Waals surface area contributed by atoms with Gasteiger partial charge in [0.1, 0.15) is 11.6 Å². The van der Waals surface area contributed by atoms with Gasteiger partial charge in [0.2, 0.25) is 0 Å². The predicted molar refractivity (Wildman–Crippen MR) is 60.5 cm³/mol. The van der Waals surface area contributed by atoms with E-state index in [4.69, 9.17) is 0 Å². The fourth-order valence-corrected chi connectivity index (χ4v) is 2.33. The van der Waals surface area contributed by atoms with Crippen molar-refractivity contribution < 1.29 is 0 Å². The first-order valence-corrected chi connectivity index (χ1v) is 5.80. The van der Waals surface area contributed by atoms with Crippen molar-refractivity contribution in [3.8, 4) is 0 Å². The highest BCUT2D eigenvalue weighted by Crippen LogP contribution is 2.33. The molecule has 1 N–H and O–H groups in total. The molecular weight excluding hydrogens is 242 g/mol. The van der Waals surface area contributed by atoms with E-state index in [0.29, 0.717) is 5.92 Å². The molecule has 0 radical (unpaired) electrons. The van der Waals surface area contributed by atoms with Crippen molar-refractivity contribution in [2.45, 2.75) is 31.6 Å². The molecule has 1 heterocycles. The summed E-state index contributed by atoms with van der Waals surface area (Å²) in [7, 11) is 1.88. The molecule has 0 aromatic carbocycles. The zero-order chi connectivity index (χ0) is 9.97. The molecule has 0 unspecified atom stereocenters. The number of halogens is 1. The molecular formula is C10H14BrN3. The lowest BCUT2D eigenvalue weighted by molar-refractivity contribution is 0.668. The van der Waals surface area contributed by atoms with E-state index < -0.39 is 0 Å². The maximum atomic E-state index is 4.50. The van der Waals surface area contributed by atoms with Crippen LogP contribution < -0.4 is 5.32 Å². The number of nitrogens with zero attached hydrogens (tertiary/aromatic N) is 2. The molecule has 1 fully saturated rings. The van der Waals surface area contributed by atoms with E-state index in [-0.39, 0.29) is 0 Å². The lowest BCUT2D eigenvalue weighted by Gasteiger charge is -2.09. The third kappa shape index (κ3) is 1.90. The molecule has 3 nitrogen and oxygen atoms in total. The molecule has 4 heteroatoms. The molecule has 2 rings (SSSR count). The Morgan fingerprint density at radius 1 is 1.43 bits per heavy atom. The van der Waals surface area contributed by atoms with Gasteiger partial charge in [-0.05, 0) is 28.8 Å². The number of hydrogen-bond donors (Lipinski definition) is 1. The summed E-state index contributed by atoms with van der Waals surface area (Å²) in [6.07, 6.45) is 6.96. The highest BCUT2D eigenvalue weighted by Gasteiger charge is 2.20. The van der Waals surface area contributed by atoms with Gasteiger partial charge in [-0.2, -0.15) is 0 Å². The van der Waals surface area contributed by atoms with Crippen molar-refractivity contribution in [3.05, 3.63) is 16.5 Å². The fourth-order valence-electron chi connectivity index (χ4n) is 1.94. The minimum Gasteiger partial charge on any atom is -0.372 e. The summed E-state index contributed by atoms with van der Waals surface area (Å²) < 4.78 is 0.932.